The van der Waals surface area contributed by atoms with E-state index in [-0.39, 0.29) is 12.1 Å². The van der Waals surface area contributed by atoms with Crippen LogP contribution in [0.2, 0.25) is 0 Å². The first kappa shape index (κ1) is 12.1. The van der Waals surface area contributed by atoms with E-state index in [4.69, 9.17) is 5.73 Å². The van der Waals surface area contributed by atoms with Gasteiger partial charge in [-0.3, -0.25) is 0 Å². The van der Waals surface area contributed by atoms with Gasteiger partial charge in [0.15, 0.2) is 5.82 Å². The molecule has 6 heteroatoms. The molecule has 17 heavy (non-hydrogen) atoms. The van der Waals surface area contributed by atoms with Gasteiger partial charge in [0.1, 0.15) is 5.82 Å². The van der Waals surface area contributed by atoms with Crippen molar-refractivity contribution >= 4 is 11.6 Å². The predicted octanol–water partition coefficient (Wildman–Crippen LogP) is -0.440. The fraction of sp³-hybridized carbons (Fsp3) is 0.636. The van der Waals surface area contributed by atoms with E-state index >= 15 is 0 Å². The van der Waals surface area contributed by atoms with Gasteiger partial charge in [-0.15, -0.1) is 10.2 Å². The van der Waals surface area contributed by atoms with Gasteiger partial charge in [-0.05, 0) is 32.6 Å². The number of aliphatic hydroxyl groups is 1. The van der Waals surface area contributed by atoms with Crippen LogP contribution in [0.5, 0.6) is 0 Å². The van der Waals surface area contributed by atoms with E-state index in [1.54, 1.807) is 6.07 Å². The maximum atomic E-state index is 9.77. The second kappa shape index (κ2) is 4.85. The minimum Gasteiger partial charge on any atom is -0.391 e. The van der Waals surface area contributed by atoms with Crippen LogP contribution in [0, 0.1) is 0 Å². The van der Waals surface area contributed by atoms with E-state index in [0.717, 1.165) is 18.8 Å². The van der Waals surface area contributed by atoms with Crippen molar-refractivity contribution < 1.29 is 5.11 Å². The molecule has 6 nitrogen and oxygen atoms in total. The summed E-state index contributed by atoms with van der Waals surface area (Å²) in [5, 5.41) is 17.7. The van der Waals surface area contributed by atoms with Gasteiger partial charge in [0.25, 0.3) is 0 Å². The van der Waals surface area contributed by atoms with E-state index in [2.05, 4.69) is 20.0 Å². The highest BCUT2D eigenvalue weighted by Gasteiger charge is 2.32. The van der Waals surface area contributed by atoms with Crippen molar-refractivity contribution in [3.63, 3.8) is 0 Å². The van der Waals surface area contributed by atoms with Gasteiger partial charge < -0.3 is 20.6 Å². The van der Waals surface area contributed by atoms with E-state index < -0.39 is 0 Å². The number of nitrogens with zero attached hydrogens (tertiary/aromatic N) is 4. The fourth-order valence-corrected chi connectivity index (χ4v) is 2.26. The highest BCUT2D eigenvalue weighted by molar-refractivity contribution is 5.44. The lowest BCUT2D eigenvalue weighted by Crippen LogP contribution is -2.38. The summed E-state index contributed by atoms with van der Waals surface area (Å²) >= 11 is 0. The molecular formula is C11H19N5O. The van der Waals surface area contributed by atoms with E-state index in [1.807, 2.05) is 20.2 Å². The average Bonchev–Trinajstić information content (AvgIpc) is 2.59. The maximum Gasteiger partial charge on any atom is 0.151 e. The van der Waals surface area contributed by atoms with Crippen LogP contribution in [0.3, 0.4) is 0 Å². The zero-order valence-corrected chi connectivity index (χ0v) is 10.2. The SMILES string of the molecule is CN(C)CC1CC(O)CN1c1ccc(N)nn1. The van der Waals surface area contributed by atoms with Gasteiger partial charge in [0.2, 0.25) is 0 Å². The van der Waals surface area contributed by atoms with Gasteiger partial charge in [-0.1, -0.05) is 0 Å². The van der Waals surface area contributed by atoms with Gasteiger partial charge in [-0.25, -0.2) is 0 Å². The van der Waals surface area contributed by atoms with E-state index in [9.17, 15) is 5.11 Å². The Bertz CT molecular complexity index is 367. The third kappa shape index (κ3) is 2.83. The Balaban J connectivity index is 2.14. The average molecular weight is 237 g/mol. The molecule has 2 heterocycles. The van der Waals surface area contributed by atoms with Crippen LogP contribution in [0.25, 0.3) is 0 Å². The lowest BCUT2D eigenvalue weighted by molar-refractivity contribution is 0.191. The normalized spacial score (nSPS) is 24.6. The number of aromatic nitrogens is 2. The smallest absolute Gasteiger partial charge is 0.151 e. The minimum absolute atomic E-state index is 0.276. The lowest BCUT2D eigenvalue weighted by Gasteiger charge is -2.27. The van der Waals surface area contributed by atoms with Crippen LogP contribution in [-0.2, 0) is 0 Å². The third-order valence-electron chi connectivity index (χ3n) is 2.93. The van der Waals surface area contributed by atoms with Gasteiger partial charge in [0.05, 0.1) is 6.10 Å². The topological polar surface area (TPSA) is 78.5 Å². The third-order valence-corrected chi connectivity index (χ3v) is 2.93. The molecule has 94 valence electrons. The van der Waals surface area contributed by atoms with Crippen molar-refractivity contribution in [2.75, 3.05) is 37.8 Å². The minimum atomic E-state index is -0.292. The first-order chi connectivity index (χ1) is 8.06. The number of hydrogen-bond acceptors (Lipinski definition) is 6. The Hall–Kier alpha value is -1.40. The Morgan fingerprint density at radius 2 is 2.24 bits per heavy atom. The van der Waals surface area contributed by atoms with Gasteiger partial charge in [0, 0.05) is 19.1 Å². The summed E-state index contributed by atoms with van der Waals surface area (Å²) in [7, 11) is 4.05. The van der Waals surface area contributed by atoms with E-state index in [0.29, 0.717) is 12.4 Å². The summed E-state index contributed by atoms with van der Waals surface area (Å²) in [6.07, 6.45) is 0.476. The first-order valence-corrected chi connectivity index (χ1v) is 5.75. The van der Waals surface area contributed by atoms with Crippen molar-refractivity contribution in [2.45, 2.75) is 18.6 Å². The fourth-order valence-electron chi connectivity index (χ4n) is 2.26. The molecule has 1 aliphatic rings. The molecule has 0 aromatic carbocycles. The molecule has 0 bridgehead atoms. The van der Waals surface area contributed by atoms with Gasteiger partial charge in [-0.2, -0.15) is 0 Å². The van der Waals surface area contributed by atoms with Crippen molar-refractivity contribution in [3.05, 3.63) is 12.1 Å². The molecule has 3 N–H and O–H groups in total. The summed E-state index contributed by atoms with van der Waals surface area (Å²) in [4.78, 5) is 4.21. The number of likely N-dealkylation sites (N-methyl/N-ethyl adjacent to an activating group) is 1. The highest BCUT2D eigenvalue weighted by atomic mass is 16.3. The quantitative estimate of drug-likeness (QED) is 0.742. The highest BCUT2D eigenvalue weighted by Crippen LogP contribution is 2.24. The summed E-state index contributed by atoms with van der Waals surface area (Å²) < 4.78 is 0. The van der Waals surface area contributed by atoms with Crippen LogP contribution < -0.4 is 10.6 Å². The summed E-state index contributed by atoms with van der Waals surface area (Å²) in [5.74, 6) is 1.19. The van der Waals surface area contributed by atoms with Crippen LogP contribution in [0.15, 0.2) is 12.1 Å². The Kier molecular flexibility index (Phi) is 3.44. The van der Waals surface area contributed by atoms with E-state index in [1.165, 1.54) is 0 Å². The maximum absolute atomic E-state index is 9.77. The Morgan fingerprint density at radius 3 is 2.82 bits per heavy atom. The largest absolute Gasteiger partial charge is 0.391 e. The van der Waals surface area contributed by atoms with Crippen molar-refractivity contribution in [1.29, 1.82) is 0 Å². The van der Waals surface area contributed by atoms with Crippen molar-refractivity contribution in [1.82, 2.24) is 15.1 Å². The summed E-state index contributed by atoms with van der Waals surface area (Å²) in [6.45, 7) is 1.50. The van der Waals surface area contributed by atoms with Crippen LogP contribution in [0.1, 0.15) is 6.42 Å². The molecule has 2 rings (SSSR count). The van der Waals surface area contributed by atoms with Gasteiger partial charge >= 0.3 is 0 Å². The predicted molar refractivity (Wildman–Crippen MR) is 66.8 cm³/mol. The molecule has 2 unspecified atom stereocenters. The standard InChI is InChI=1S/C11H19N5O/c1-15(2)6-8-5-9(17)7-16(8)11-4-3-10(12)13-14-11/h3-4,8-9,17H,5-7H2,1-2H3,(H2,12,13). The number of nitrogens with two attached hydrogens (primary N) is 1. The number of rotatable bonds is 3. The number of β-amino-alcohol motifs (C(OH)–C–C–N with tert-alkyl or cyclic N) is 1. The zero-order chi connectivity index (χ0) is 12.4. The number of nitrogen functional groups attached to an aromatic ring is 1. The molecule has 1 aliphatic heterocycles. The second-order valence-corrected chi connectivity index (χ2v) is 4.77. The molecule has 1 aromatic heterocycles. The Labute approximate surface area is 101 Å². The summed E-state index contributed by atoms with van der Waals surface area (Å²) in [6, 6.07) is 3.86. The van der Waals surface area contributed by atoms with Crippen molar-refractivity contribution in [3.8, 4) is 0 Å². The van der Waals surface area contributed by atoms with Crippen LogP contribution >= 0.6 is 0 Å². The number of aliphatic hydroxyl groups excluding tert-OH is 1. The molecule has 0 aliphatic carbocycles. The lowest BCUT2D eigenvalue weighted by atomic mass is 10.2. The van der Waals surface area contributed by atoms with Crippen LogP contribution in [0.4, 0.5) is 11.6 Å². The molecule has 1 aromatic rings. The molecular weight excluding hydrogens is 218 g/mol. The monoisotopic (exact) mass is 237 g/mol. The molecule has 2 atom stereocenters. The molecule has 0 spiro atoms. The molecule has 0 amide bonds. The second-order valence-electron chi connectivity index (χ2n) is 4.77. The van der Waals surface area contributed by atoms with Crippen LogP contribution in [-0.4, -0.2) is 59.5 Å². The molecule has 1 saturated heterocycles. The molecule has 0 radical (unpaired) electrons. The number of anilines is 2. The summed E-state index contributed by atoms with van der Waals surface area (Å²) in [5.41, 5.74) is 5.52. The first-order valence-electron chi connectivity index (χ1n) is 5.75. The molecule has 0 saturated carbocycles. The zero-order valence-electron chi connectivity index (χ0n) is 10.2. The molecule has 1 fully saturated rings. The van der Waals surface area contributed by atoms with Crippen molar-refractivity contribution in [2.24, 2.45) is 0 Å². The Morgan fingerprint density at radius 1 is 1.47 bits per heavy atom. The number of hydrogen-bond donors (Lipinski definition) is 2.